The first kappa shape index (κ1) is 15.3. The van der Waals surface area contributed by atoms with E-state index in [9.17, 15) is 9.59 Å². The van der Waals surface area contributed by atoms with E-state index in [0.717, 1.165) is 24.2 Å². The van der Waals surface area contributed by atoms with Crippen LogP contribution in [0.3, 0.4) is 0 Å². The van der Waals surface area contributed by atoms with Crippen molar-refractivity contribution in [3.8, 4) is 5.75 Å². The lowest BCUT2D eigenvalue weighted by Crippen LogP contribution is -2.31. The van der Waals surface area contributed by atoms with E-state index >= 15 is 0 Å². The summed E-state index contributed by atoms with van der Waals surface area (Å²) in [6.45, 7) is 0.713. The first-order valence-corrected chi connectivity index (χ1v) is 7.72. The predicted octanol–water partition coefficient (Wildman–Crippen LogP) is 2.37. The Labute approximate surface area is 135 Å². The number of hydrogen-bond acceptors (Lipinski definition) is 3. The maximum Gasteiger partial charge on any atom is 0.254 e. The second-order valence-electron chi connectivity index (χ2n) is 5.79. The molecule has 1 unspecified atom stereocenters. The number of methoxy groups -OCH3 is 1. The zero-order valence-electron chi connectivity index (χ0n) is 13.4. The SMILES string of the molecule is COc1ccc(C2CCCN2C(=O)c2ccn(C)c(=O)c2)cc1. The molecule has 1 aliphatic rings. The molecule has 2 heterocycles. The first-order valence-electron chi connectivity index (χ1n) is 7.72. The number of aromatic nitrogens is 1. The van der Waals surface area contributed by atoms with Crippen molar-refractivity contribution in [1.29, 1.82) is 0 Å². The molecule has 0 saturated carbocycles. The molecule has 1 amide bonds. The smallest absolute Gasteiger partial charge is 0.254 e. The fourth-order valence-corrected chi connectivity index (χ4v) is 3.03. The predicted molar refractivity (Wildman–Crippen MR) is 87.7 cm³/mol. The number of amides is 1. The zero-order valence-corrected chi connectivity index (χ0v) is 13.4. The molecule has 1 aromatic heterocycles. The Balaban J connectivity index is 1.86. The van der Waals surface area contributed by atoms with Gasteiger partial charge < -0.3 is 14.2 Å². The highest BCUT2D eigenvalue weighted by Crippen LogP contribution is 2.33. The molecule has 3 rings (SSSR count). The van der Waals surface area contributed by atoms with Crippen LogP contribution in [0.25, 0.3) is 0 Å². The number of carbonyl (C=O) groups is 1. The summed E-state index contributed by atoms with van der Waals surface area (Å²) in [5, 5.41) is 0. The highest BCUT2D eigenvalue weighted by atomic mass is 16.5. The third-order valence-electron chi connectivity index (χ3n) is 4.37. The molecule has 23 heavy (non-hydrogen) atoms. The Morgan fingerprint density at radius 1 is 1.22 bits per heavy atom. The van der Waals surface area contributed by atoms with Gasteiger partial charge in [-0.05, 0) is 36.6 Å². The molecule has 0 spiro atoms. The van der Waals surface area contributed by atoms with Crippen LogP contribution >= 0.6 is 0 Å². The van der Waals surface area contributed by atoms with Gasteiger partial charge in [-0.25, -0.2) is 0 Å². The van der Waals surface area contributed by atoms with Gasteiger partial charge >= 0.3 is 0 Å². The molecule has 120 valence electrons. The Bertz CT molecular complexity index is 765. The molecule has 1 aliphatic heterocycles. The average molecular weight is 312 g/mol. The lowest BCUT2D eigenvalue weighted by molar-refractivity contribution is 0.0735. The van der Waals surface area contributed by atoms with Crippen LogP contribution < -0.4 is 10.3 Å². The number of likely N-dealkylation sites (tertiary alicyclic amines) is 1. The fourth-order valence-electron chi connectivity index (χ4n) is 3.03. The molecule has 0 bridgehead atoms. The average Bonchev–Trinajstić information content (AvgIpc) is 3.06. The van der Waals surface area contributed by atoms with E-state index in [4.69, 9.17) is 4.74 Å². The van der Waals surface area contributed by atoms with E-state index < -0.39 is 0 Å². The van der Waals surface area contributed by atoms with Crippen molar-refractivity contribution in [2.75, 3.05) is 13.7 Å². The number of carbonyl (C=O) groups excluding carboxylic acids is 1. The Morgan fingerprint density at radius 3 is 2.61 bits per heavy atom. The van der Waals surface area contributed by atoms with Gasteiger partial charge in [-0.3, -0.25) is 9.59 Å². The van der Waals surface area contributed by atoms with Crippen molar-refractivity contribution in [2.45, 2.75) is 18.9 Å². The molecule has 1 fully saturated rings. The summed E-state index contributed by atoms with van der Waals surface area (Å²) in [5.74, 6) is 0.720. The molecule has 5 heteroatoms. The van der Waals surface area contributed by atoms with Gasteiger partial charge in [-0.2, -0.15) is 0 Å². The lowest BCUT2D eigenvalue weighted by atomic mass is 10.0. The van der Waals surface area contributed by atoms with Gasteiger partial charge in [0.05, 0.1) is 13.2 Å². The largest absolute Gasteiger partial charge is 0.497 e. The molecule has 0 aliphatic carbocycles. The van der Waals surface area contributed by atoms with Gasteiger partial charge in [-0.1, -0.05) is 12.1 Å². The third-order valence-corrected chi connectivity index (χ3v) is 4.37. The van der Waals surface area contributed by atoms with Crippen molar-refractivity contribution in [3.05, 3.63) is 64.1 Å². The minimum Gasteiger partial charge on any atom is -0.497 e. The molecule has 0 radical (unpaired) electrons. The van der Waals surface area contributed by atoms with Crippen LogP contribution in [0, 0.1) is 0 Å². The summed E-state index contributed by atoms with van der Waals surface area (Å²) < 4.78 is 6.64. The highest BCUT2D eigenvalue weighted by Gasteiger charge is 2.30. The van der Waals surface area contributed by atoms with Crippen LogP contribution in [0.4, 0.5) is 0 Å². The number of benzene rings is 1. The Kier molecular flexibility index (Phi) is 4.19. The van der Waals surface area contributed by atoms with Crippen molar-refractivity contribution >= 4 is 5.91 Å². The second-order valence-corrected chi connectivity index (χ2v) is 5.79. The van der Waals surface area contributed by atoms with Gasteiger partial charge in [0.15, 0.2) is 0 Å². The zero-order chi connectivity index (χ0) is 16.4. The van der Waals surface area contributed by atoms with Crippen LogP contribution in [0.15, 0.2) is 47.4 Å². The van der Waals surface area contributed by atoms with Crippen molar-refractivity contribution in [3.63, 3.8) is 0 Å². The fraction of sp³-hybridized carbons (Fsp3) is 0.333. The van der Waals surface area contributed by atoms with Crippen LogP contribution in [0.2, 0.25) is 0 Å². The minimum absolute atomic E-state index is 0.0532. The maximum atomic E-state index is 12.8. The van der Waals surface area contributed by atoms with Crippen LogP contribution in [-0.2, 0) is 7.05 Å². The van der Waals surface area contributed by atoms with Gasteiger partial charge in [0.1, 0.15) is 5.75 Å². The molecule has 1 saturated heterocycles. The molecule has 5 nitrogen and oxygen atoms in total. The van der Waals surface area contributed by atoms with E-state index in [2.05, 4.69) is 0 Å². The van der Waals surface area contributed by atoms with Crippen molar-refractivity contribution in [1.82, 2.24) is 9.47 Å². The van der Waals surface area contributed by atoms with Crippen molar-refractivity contribution in [2.24, 2.45) is 7.05 Å². The summed E-state index contributed by atoms with van der Waals surface area (Å²) in [7, 11) is 3.31. The number of nitrogens with zero attached hydrogens (tertiary/aromatic N) is 2. The summed E-state index contributed by atoms with van der Waals surface area (Å²) in [4.78, 5) is 26.4. The molecule has 0 N–H and O–H groups in total. The Morgan fingerprint density at radius 2 is 1.96 bits per heavy atom. The molecular formula is C18H20N2O3. The molecular weight excluding hydrogens is 292 g/mol. The lowest BCUT2D eigenvalue weighted by Gasteiger charge is -2.25. The minimum atomic E-state index is -0.170. The number of hydrogen-bond donors (Lipinski definition) is 0. The Hall–Kier alpha value is -2.56. The van der Waals surface area contributed by atoms with E-state index in [1.807, 2.05) is 29.2 Å². The van der Waals surface area contributed by atoms with E-state index in [-0.39, 0.29) is 17.5 Å². The van der Waals surface area contributed by atoms with E-state index in [1.54, 1.807) is 26.4 Å². The number of rotatable bonds is 3. The number of ether oxygens (including phenoxy) is 1. The van der Waals surface area contributed by atoms with Crippen molar-refractivity contribution < 1.29 is 9.53 Å². The standard InChI is InChI=1S/C18H20N2O3/c1-19-11-9-14(12-17(19)21)18(22)20-10-3-4-16(20)13-5-7-15(23-2)8-6-13/h5-9,11-12,16H,3-4,10H2,1-2H3. The highest BCUT2D eigenvalue weighted by molar-refractivity contribution is 5.94. The van der Waals surface area contributed by atoms with Gasteiger partial charge in [-0.15, -0.1) is 0 Å². The van der Waals surface area contributed by atoms with Gasteiger partial charge in [0.2, 0.25) is 0 Å². The molecule has 1 atom stereocenters. The molecule has 1 aromatic carbocycles. The summed E-state index contributed by atoms with van der Waals surface area (Å²) in [6.07, 6.45) is 3.53. The normalized spacial score (nSPS) is 17.3. The number of aryl methyl sites for hydroxylation is 1. The van der Waals surface area contributed by atoms with E-state index in [1.165, 1.54) is 10.6 Å². The monoisotopic (exact) mass is 312 g/mol. The van der Waals surface area contributed by atoms with Gasteiger partial charge in [0, 0.05) is 31.4 Å². The topological polar surface area (TPSA) is 51.5 Å². The number of pyridine rings is 1. The quantitative estimate of drug-likeness (QED) is 0.874. The van der Waals surface area contributed by atoms with Crippen LogP contribution in [-0.4, -0.2) is 29.0 Å². The molecule has 2 aromatic rings. The summed E-state index contributed by atoms with van der Waals surface area (Å²) >= 11 is 0. The van der Waals surface area contributed by atoms with Crippen LogP contribution in [0.5, 0.6) is 5.75 Å². The maximum absolute atomic E-state index is 12.8. The van der Waals surface area contributed by atoms with Crippen LogP contribution in [0.1, 0.15) is 34.8 Å². The van der Waals surface area contributed by atoms with E-state index in [0.29, 0.717) is 12.1 Å². The summed E-state index contributed by atoms with van der Waals surface area (Å²) in [6, 6.07) is 11.0. The first-order chi connectivity index (χ1) is 11.1. The third kappa shape index (κ3) is 2.99. The van der Waals surface area contributed by atoms with Gasteiger partial charge in [0.25, 0.3) is 11.5 Å². The summed E-state index contributed by atoms with van der Waals surface area (Å²) in [5.41, 5.74) is 1.38. The second kappa shape index (κ2) is 6.28.